The van der Waals surface area contributed by atoms with Crippen molar-refractivity contribution < 1.29 is 14.4 Å². The van der Waals surface area contributed by atoms with E-state index in [0.717, 1.165) is 5.56 Å². The summed E-state index contributed by atoms with van der Waals surface area (Å²) in [7, 11) is 0. The summed E-state index contributed by atoms with van der Waals surface area (Å²) >= 11 is 5.96. The summed E-state index contributed by atoms with van der Waals surface area (Å²) in [6.07, 6.45) is 0. The SMILES string of the molecule is Cc1ccc(Cl)cc1NC(=O)Nc1ccc2c(c1)C(=O)N(C(C)(C)C)C2=O. The minimum atomic E-state index is -0.623. The summed E-state index contributed by atoms with van der Waals surface area (Å²) in [6.45, 7) is 7.25. The Morgan fingerprint density at radius 1 is 0.963 bits per heavy atom. The van der Waals surface area contributed by atoms with Gasteiger partial charge in [-0.25, -0.2) is 4.79 Å². The van der Waals surface area contributed by atoms with Crippen molar-refractivity contribution in [3.8, 4) is 0 Å². The van der Waals surface area contributed by atoms with Gasteiger partial charge in [0.15, 0.2) is 0 Å². The summed E-state index contributed by atoms with van der Waals surface area (Å²) in [5.41, 5.74) is 1.87. The summed E-state index contributed by atoms with van der Waals surface area (Å²) in [6, 6.07) is 9.41. The van der Waals surface area contributed by atoms with Crippen LogP contribution in [0.4, 0.5) is 16.2 Å². The molecule has 0 bridgehead atoms. The van der Waals surface area contributed by atoms with Gasteiger partial charge in [0.05, 0.1) is 11.1 Å². The van der Waals surface area contributed by atoms with E-state index in [4.69, 9.17) is 11.6 Å². The van der Waals surface area contributed by atoms with Crippen LogP contribution in [0.3, 0.4) is 0 Å². The van der Waals surface area contributed by atoms with Crippen molar-refractivity contribution in [3.63, 3.8) is 0 Å². The first-order valence-electron chi connectivity index (χ1n) is 8.45. The van der Waals surface area contributed by atoms with Gasteiger partial charge in [0.25, 0.3) is 11.8 Å². The van der Waals surface area contributed by atoms with Crippen LogP contribution in [-0.4, -0.2) is 28.3 Å². The Balaban J connectivity index is 1.80. The van der Waals surface area contributed by atoms with Gasteiger partial charge in [0.2, 0.25) is 0 Å². The largest absolute Gasteiger partial charge is 0.323 e. The lowest BCUT2D eigenvalue weighted by molar-refractivity contribution is 0.0507. The number of fused-ring (bicyclic) bond motifs is 1. The molecule has 140 valence electrons. The van der Waals surface area contributed by atoms with Gasteiger partial charge in [0.1, 0.15) is 0 Å². The molecule has 0 spiro atoms. The Morgan fingerprint density at radius 2 is 1.63 bits per heavy atom. The van der Waals surface area contributed by atoms with Crippen LogP contribution in [0.1, 0.15) is 47.1 Å². The molecule has 2 aromatic carbocycles. The van der Waals surface area contributed by atoms with E-state index in [1.807, 2.05) is 6.92 Å². The molecule has 0 saturated heterocycles. The fourth-order valence-electron chi connectivity index (χ4n) is 2.94. The Bertz CT molecular complexity index is 963. The third-order valence-corrected chi connectivity index (χ3v) is 4.50. The van der Waals surface area contributed by atoms with Crippen LogP contribution < -0.4 is 10.6 Å². The number of carbonyl (C=O) groups excluding carboxylic acids is 3. The zero-order valence-electron chi connectivity index (χ0n) is 15.5. The molecule has 7 heteroatoms. The van der Waals surface area contributed by atoms with E-state index in [2.05, 4.69) is 10.6 Å². The number of halogens is 1. The Labute approximate surface area is 162 Å². The van der Waals surface area contributed by atoms with E-state index >= 15 is 0 Å². The van der Waals surface area contributed by atoms with Crippen molar-refractivity contribution >= 4 is 40.8 Å². The summed E-state index contributed by atoms with van der Waals surface area (Å²) in [5.74, 6) is -0.690. The number of carbonyl (C=O) groups is 3. The number of nitrogens with one attached hydrogen (secondary N) is 2. The smallest absolute Gasteiger partial charge is 0.308 e. The average molecular weight is 386 g/mol. The Hall–Kier alpha value is -2.86. The van der Waals surface area contributed by atoms with Gasteiger partial charge in [0, 0.05) is 21.9 Å². The number of hydrogen-bond acceptors (Lipinski definition) is 3. The third-order valence-electron chi connectivity index (χ3n) is 4.26. The van der Waals surface area contributed by atoms with E-state index in [1.54, 1.807) is 51.1 Å². The molecule has 2 aromatic rings. The minimum absolute atomic E-state index is 0.284. The number of amides is 4. The highest BCUT2D eigenvalue weighted by molar-refractivity contribution is 6.31. The molecule has 27 heavy (non-hydrogen) atoms. The fraction of sp³-hybridized carbons (Fsp3) is 0.250. The molecular weight excluding hydrogens is 366 g/mol. The normalized spacial score (nSPS) is 13.6. The first-order valence-corrected chi connectivity index (χ1v) is 8.83. The molecule has 0 unspecified atom stereocenters. The van der Waals surface area contributed by atoms with Crippen LogP contribution in [0.2, 0.25) is 5.02 Å². The second kappa shape index (κ2) is 6.70. The molecule has 6 nitrogen and oxygen atoms in total. The maximum Gasteiger partial charge on any atom is 0.323 e. The number of hydrogen-bond donors (Lipinski definition) is 2. The number of nitrogens with zero attached hydrogens (tertiary/aromatic N) is 1. The standard InChI is InChI=1S/C20H20ClN3O3/c1-11-5-6-12(21)9-16(11)23-19(27)22-13-7-8-14-15(10-13)18(26)24(17(14)25)20(2,3)4/h5-10H,1-4H3,(H2,22,23,27). The molecule has 3 rings (SSSR count). The molecular formula is C20H20ClN3O3. The molecule has 0 radical (unpaired) electrons. The second-order valence-electron chi connectivity index (χ2n) is 7.42. The van der Waals surface area contributed by atoms with Gasteiger partial charge in [-0.1, -0.05) is 17.7 Å². The van der Waals surface area contributed by atoms with Gasteiger partial charge in [-0.15, -0.1) is 0 Å². The predicted molar refractivity (Wildman–Crippen MR) is 106 cm³/mol. The van der Waals surface area contributed by atoms with Gasteiger partial charge in [-0.05, 0) is 63.6 Å². The van der Waals surface area contributed by atoms with E-state index in [0.29, 0.717) is 22.0 Å². The fourth-order valence-corrected chi connectivity index (χ4v) is 3.11. The molecule has 1 aliphatic rings. The number of urea groups is 1. The Morgan fingerprint density at radius 3 is 2.30 bits per heavy atom. The Kier molecular flexibility index (Phi) is 4.70. The van der Waals surface area contributed by atoms with Crippen molar-refractivity contribution in [3.05, 3.63) is 58.1 Å². The van der Waals surface area contributed by atoms with Gasteiger partial charge in [-0.2, -0.15) is 0 Å². The van der Waals surface area contributed by atoms with Crippen LogP contribution in [0.15, 0.2) is 36.4 Å². The highest BCUT2D eigenvalue weighted by atomic mass is 35.5. The van der Waals surface area contributed by atoms with E-state index in [1.165, 1.54) is 11.0 Å². The third kappa shape index (κ3) is 3.66. The number of benzene rings is 2. The number of aryl methyl sites for hydroxylation is 1. The molecule has 1 heterocycles. The van der Waals surface area contributed by atoms with Crippen molar-refractivity contribution in [2.45, 2.75) is 33.2 Å². The lowest BCUT2D eigenvalue weighted by Gasteiger charge is -2.29. The number of anilines is 2. The topological polar surface area (TPSA) is 78.5 Å². The van der Waals surface area contributed by atoms with E-state index in [-0.39, 0.29) is 17.4 Å². The van der Waals surface area contributed by atoms with Gasteiger partial charge >= 0.3 is 6.03 Å². The highest BCUT2D eigenvalue weighted by Gasteiger charge is 2.41. The molecule has 0 fully saturated rings. The molecule has 1 aliphatic heterocycles. The minimum Gasteiger partial charge on any atom is -0.308 e. The summed E-state index contributed by atoms with van der Waals surface area (Å²) in [5, 5.41) is 5.92. The second-order valence-corrected chi connectivity index (χ2v) is 7.85. The van der Waals surface area contributed by atoms with E-state index in [9.17, 15) is 14.4 Å². The molecule has 0 saturated carbocycles. The van der Waals surface area contributed by atoms with Crippen LogP contribution in [0.25, 0.3) is 0 Å². The highest BCUT2D eigenvalue weighted by Crippen LogP contribution is 2.31. The van der Waals surface area contributed by atoms with Crippen molar-refractivity contribution in [2.24, 2.45) is 0 Å². The molecule has 0 aromatic heterocycles. The van der Waals surface area contributed by atoms with Crippen molar-refractivity contribution in [1.82, 2.24) is 4.90 Å². The van der Waals surface area contributed by atoms with Gasteiger partial charge < -0.3 is 10.6 Å². The lowest BCUT2D eigenvalue weighted by Crippen LogP contribution is -2.45. The molecule has 2 N–H and O–H groups in total. The van der Waals surface area contributed by atoms with Crippen LogP contribution in [0, 0.1) is 6.92 Å². The zero-order chi connectivity index (χ0) is 19.9. The monoisotopic (exact) mass is 385 g/mol. The number of imide groups is 1. The maximum atomic E-state index is 12.6. The summed E-state index contributed by atoms with van der Waals surface area (Å²) in [4.78, 5) is 38.6. The number of rotatable bonds is 2. The molecule has 0 atom stereocenters. The predicted octanol–water partition coefficient (Wildman–Crippen LogP) is 4.69. The molecule has 0 aliphatic carbocycles. The summed E-state index contributed by atoms with van der Waals surface area (Å²) < 4.78 is 0. The average Bonchev–Trinajstić information content (AvgIpc) is 2.81. The first kappa shape index (κ1) is 18.9. The van der Waals surface area contributed by atoms with Crippen LogP contribution in [0.5, 0.6) is 0 Å². The lowest BCUT2D eigenvalue weighted by atomic mass is 10.1. The van der Waals surface area contributed by atoms with Crippen LogP contribution >= 0.6 is 11.6 Å². The van der Waals surface area contributed by atoms with Crippen molar-refractivity contribution in [2.75, 3.05) is 10.6 Å². The van der Waals surface area contributed by atoms with Crippen LogP contribution in [-0.2, 0) is 0 Å². The van der Waals surface area contributed by atoms with Crippen molar-refractivity contribution in [1.29, 1.82) is 0 Å². The molecule has 4 amide bonds. The quantitative estimate of drug-likeness (QED) is 0.736. The maximum absolute atomic E-state index is 12.6. The van der Waals surface area contributed by atoms with E-state index < -0.39 is 11.6 Å². The zero-order valence-corrected chi connectivity index (χ0v) is 16.3. The van der Waals surface area contributed by atoms with Gasteiger partial charge in [-0.3, -0.25) is 14.5 Å². The first-order chi connectivity index (χ1) is 12.6.